The summed E-state index contributed by atoms with van der Waals surface area (Å²) in [5.74, 6) is 1.96. The fourth-order valence-electron chi connectivity index (χ4n) is 3.01. The van der Waals surface area contributed by atoms with E-state index in [-0.39, 0.29) is 0 Å². The zero-order valence-corrected chi connectivity index (χ0v) is 13.3. The Morgan fingerprint density at radius 1 is 1.29 bits per heavy atom. The summed E-state index contributed by atoms with van der Waals surface area (Å²) in [5, 5.41) is 5.99. The number of benzene rings is 1. The first-order valence-corrected chi connectivity index (χ1v) is 8.02. The monoisotopic (exact) mass is 283 g/mol. The standard InChI is InChI=1S/C18H25N3/c1-4-19-11-15-12-20-18(17-8-6-5-7-16(15)17)21(3)13(2)14-9-10-14/h5-8,12-14,19H,4,9-11H2,1-3H3. The van der Waals surface area contributed by atoms with Gasteiger partial charge in [-0.1, -0.05) is 31.2 Å². The maximum Gasteiger partial charge on any atom is 0.136 e. The molecule has 1 fully saturated rings. The van der Waals surface area contributed by atoms with Crippen molar-refractivity contribution in [3.63, 3.8) is 0 Å². The number of nitrogens with one attached hydrogen (secondary N) is 1. The van der Waals surface area contributed by atoms with E-state index in [1.807, 2.05) is 6.20 Å². The van der Waals surface area contributed by atoms with Crippen LogP contribution in [0, 0.1) is 5.92 Å². The molecule has 1 atom stereocenters. The molecule has 21 heavy (non-hydrogen) atoms. The molecule has 1 aromatic carbocycles. The Bertz CT molecular complexity index is 619. The lowest BCUT2D eigenvalue weighted by Gasteiger charge is -2.27. The minimum Gasteiger partial charge on any atom is -0.356 e. The van der Waals surface area contributed by atoms with Crippen molar-refractivity contribution in [3.8, 4) is 0 Å². The molecule has 1 aromatic heterocycles. The number of pyridine rings is 1. The quantitative estimate of drug-likeness (QED) is 0.878. The highest BCUT2D eigenvalue weighted by molar-refractivity contribution is 5.94. The number of aromatic nitrogens is 1. The van der Waals surface area contributed by atoms with E-state index in [1.54, 1.807) is 0 Å². The van der Waals surface area contributed by atoms with Crippen LogP contribution in [0.5, 0.6) is 0 Å². The molecule has 1 heterocycles. The van der Waals surface area contributed by atoms with Gasteiger partial charge in [0.15, 0.2) is 0 Å². The lowest BCUT2D eigenvalue weighted by molar-refractivity contribution is 0.605. The number of anilines is 1. The Hall–Kier alpha value is -1.61. The second kappa shape index (κ2) is 6.02. The number of hydrogen-bond acceptors (Lipinski definition) is 3. The Balaban J connectivity index is 1.99. The summed E-state index contributed by atoms with van der Waals surface area (Å²) >= 11 is 0. The van der Waals surface area contributed by atoms with Crippen LogP contribution in [-0.4, -0.2) is 24.6 Å². The molecule has 2 aromatic rings. The maximum absolute atomic E-state index is 4.78. The van der Waals surface area contributed by atoms with Crippen LogP contribution in [0.4, 0.5) is 5.82 Å². The fourth-order valence-corrected chi connectivity index (χ4v) is 3.01. The summed E-state index contributed by atoms with van der Waals surface area (Å²) in [6.07, 6.45) is 4.76. The van der Waals surface area contributed by atoms with E-state index in [9.17, 15) is 0 Å². The number of rotatable bonds is 6. The topological polar surface area (TPSA) is 28.2 Å². The van der Waals surface area contributed by atoms with E-state index >= 15 is 0 Å². The van der Waals surface area contributed by atoms with Crippen molar-refractivity contribution < 1.29 is 0 Å². The molecule has 0 saturated heterocycles. The fraction of sp³-hybridized carbons (Fsp3) is 0.500. The second-order valence-electron chi connectivity index (χ2n) is 6.12. The van der Waals surface area contributed by atoms with Crippen LogP contribution in [0.25, 0.3) is 10.8 Å². The molecule has 3 nitrogen and oxygen atoms in total. The molecule has 1 saturated carbocycles. The van der Waals surface area contributed by atoms with E-state index in [4.69, 9.17) is 4.98 Å². The van der Waals surface area contributed by atoms with Gasteiger partial charge in [-0.3, -0.25) is 0 Å². The van der Waals surface area contributed by atoms with E-state index in [0.717, 1.165) is 24.8 Å². The first kappa shape index (κ1) is 14.3. The van der Waals surface area contributed by atoms with Gasteiger partial charge in [0.2, 0.25) is 0 Å². The van der Waals surface area contributed by atoms with Gasteiger partial charge in [-0.2, -0.15) is 0 Å². The maximum atomic E-state index is 4.78. The predicted octanol–water partition coefficient (Wildman–Crippen LogP) is 3.58. The van der Waals surface area contributed by atoms with Gasteiger partial charge in [0.05, 0.1) is 0 Å². The van der Waals surface area contributed by atoms with Crippen molar-refractivity contribution in [2.45, 2.75) is 39.3 Å². The van der Waals surface area contributed by atoms with Crippen molar-refractivity contribution >= 4 is 16.6 Å². The SMILES string of the molecule is CCNCc1cnc(N(C)C(C)C2CC2)c2ccccc12. The van der Waals surface area contributed by atoms with Gasteiger partial charge in [0, 0.05) is 31.2 Å². The van der Waals surface area contributed by atoms with Crippen LogP contribution >= 0.6 is 0 Å². The van der Waals surface area contributed by atoms with Crippen LogP contribution in [0.15, 0.2) is 30.5 Å². The molecule has 112 valence electrons. The Kier molecular flexibility index (Phi) is 4.11. The molecule has 1 N–H and O–H groups in total. The Morgan fingerprint density at radius 2 is 2.00 bits per heavy atom. The van der Waals surface area contributed by atoms with E-state index in [1.165, 1.54) is 29.2 Å². The van der Waals surface area contributed by atoms with E-state index in [2.05, 4.69) is 55.4 Å². The van der Waals surface area contributed by atoms with Gasteiger partial charge in [0.1, 0.15) is 5.82 Å². The lowest BCUT2D eigenvalue weighted by Crippen LogP contribution is -2.31. The van der Waals surface area contributed by atoms with Gasteiger partial charge in [-0.05, 0) is 43.2 Å². The van der Waals surface area contributed by atoms with Gasteiger partial charge in [-0.25, -0.2) is 4.98 Å². The van der Waals surface area contributed by atoms with E-state index in [0.29, 0.717) is 6.04 Å². The molecule has 1 unspecified atom stereocenters. The highest BCUT2D eigenvalue weighted by atomic mass is 15.2. The predicted molar refractivity (Wildman–Crippen MR) is 89.7 cm³/mol. The first-order valence-electron chi connectivity index (χ1n) is 8.02. The largest absolute Gasteiger partial charge is 0.356 e. The molecule has 0 amide bonds. The van der Waals surface area contributed by atoms with Gasteiger partial charge in [-0.15, -0.1) is 0 Å². The summed E-state index contributed by atoms with van der Waals surface area (Å²) < 4.78 is 0. The minimum absolute atomic E-state index is 0.570. The smallest absolute Gasteiger partial charge is 0.136 e. The van der Waals surface area contributed by atoms with Crippen molar-refractivity contribution in [2.75, 3.05) is 18.5 Å². The van der Waals surface area contributed by atoms with Crippen LogP contribution in [0.1, 0.15) is 32.3 Å². The molecular formula is C18H25N3. The zero-order chi connectivity index (χ0) is 14.8. The highest BCUT2D eigenvalue weighted by Crippen LogP contribution is 2.37. The average Bonchev–Trinajstić information content (AvgIpc) is 3.36. The zero-order valence-electron chi connectivity index (χ0n) is 13.3. The highest BCUT2D eigenvalue weighted by Gasteiger charge is 2.31. The number of nitrogens with zero attached hydrogens (tertiary/aromatic N) is 2. The average molecular weight is 283 g/mol. The van der Waals surface area contributed by atoms with Crippen molar-refractivity contribution in [1.82, 2.24) is 10.3 Å². The van der Waals surface area contributed by atoms with Crippen molar-refractivity contribution in [3.05, 3.63) is 36.0 Å². The van der Waals surface area contributed by atoms with Crippen molar-refractivity contribution in [2.24, 2.45) is 5.92 Å². The Morgan fingerprint density at radius 3 is 2.67 bits per heavy atom. The third kappa shape index (κ3) is 2.88. The van der Waals surface area contributed by atoms with Gasteiger partial charge >= 0.3 is 0 Å². The summed E-state index contributed by atoms with van der Waals surface area (Å²) in [7, 11) is 2.18. The Labute approximate surface area is 127 Å². The van der Waals surface area contributed by atoms with Gasteiger partial charge in [0.25, 0.3) is 0 Å². The molecule has 3 rings (SSSR count). The molecular weight excluding hydrogens is 258 g/mol. The summed E-state index contributed by atoms with van der Waals surface area (Å²) in [6.45, 7) is 6.32. The van der Waals surface area contributed by atoms with Crippen LogP contribution in [0.3, 0.4) is 0 Å². The molecule has 0 bridgehead atoms. The molecule has 0 aliphatic heterocycles. The first-order chi connectivity index (χ1) is 10.2. The molecule has 0 spiro atoms. The summed E-state index contributed by atoms with van der Waals surface area (Å²) in [5.41, 5.74) is 1.28. The van der Waals surface area contributed by atoms with Crippen LogP contribution in [0.2, 0.25) is 0 Å². The normalized spacial score (nSPS) is 16.1. The third-order valence-corrected chi connectivity index (χ3v) is 4.67. The van der Waals surface area contributed by atoms with Crippen LogP contribution < -0.4 is 10.2 Å². The molecule has 0 radical (unpaired) electrons. The molecule has 1 aliphatic carbocycles. The minimum atomic E-state index is 0.570. The summed E-state index contributed by atoms with van der Waals surface area (Å²) in [4.78, 5) is 7.14. The lowest BCUT2D eigenvalue weighted by atomic mass is 10.1. The molecule has 1 aliphatic rings. The number of fused-ring (bicyclic) bond motifs is 1. The number of hydrogen-bond donors (Lipinski definition) is 1. The summed E-state index contributed by atoms with van der Waals surface area (Å²) in [6, 6.07) is 9.21. The third-order valence-electron chi connectivity index (χ3n) is 4.67. The molecule has 3 heteroatoms. The van der Waals surface area contributed by atoms with Crippen molar-refractivity contribution in [1.29, 1.82) is 0 Å². The van der Waals surface area contributed by atoms with Crippen LogP contribution in [-0.2, 0) is 6.54 Å². The van der Waals surface area contributed by atoms with Gasteiger partial charge < -0.3 is 10.2 Å². The van der Waals surface area contributed by atoms with E-state index < -0.39 is 0 Å². The second-order valence-corrected chi connectivity index (χ2v) is 6.12.